The van der Waals surface area contributed by atoms with Gasteiger partial charge < -0.3 is 15.4 Å². The van der Waals surface area contributed by atoms with Gasteiger partial charge in [0, 0.05) is 21.5 Å². The summed E-state index contributed by atoms with van der Waals surface area (Å²) in [7, 11) is 1.28. The zero-order valence-electron chi connectivity index (χ0n) is 14.2. The van der Waals surface area contributed by atoms with E-state index in [1.54, 1.807) is 18.2 Å². The number of thiophene rings is 1. The molecule has 3 rings (SSSR count). The van der Waals surface area contributed by atoms with Crippen molar-refractivity contribution in [2.24, 2.45) is 0 Å². The molecule has 4 nitrogen and oxygen atoms in total. The Hall–Kier alpha value is -2.36. The van der Waals surface area contributed by atoms with E-state index in [1.165, 1.54) is 30.6 Å². The van der Waals surface area contributed by atoms with Crippen LogP contribution in [0.2, 0.25) is 5.02 Å². The Bertz CT molecular complexity index is 1050. The number of rotatable bonds is 3. The normalized spacial score (nSPS) is 11.3. The van der Waals surface area contributed by atoms with E-state index in [-0.39, 0.29) is 5.11 Å². The molecule has 0 spiro atoms. The maximum absolute atomic E-state index is 12.6. The lowest BCUT2D eigenvalue weighted by Gasteiger charge is -2.12. The summed E-state index contributed by atoms with van der Waals surface area (Å²) in [5, 5.41) is 7.00. The molecule has 0 saturated carbocycles. The predicted molar refractivity (Wildman–Crippen MR) is 109 cm³/mol. The summed E-state index contributed by atoms with van der Waals surface area (Å²) in [6, 6.07) is 9.76. The van der Waals surface area contributed by atoms with Gasteiger partial charge in [0.2, 0.25) is 0 Å². The quantitative estimate of drug-likeness (QED) is 0.374. The molecule has 1 aromatic heterocycles. The number of halogens is 4. The Labute approximate surface area is 172 Å². The van der Waals surface area contributed by atoms with Crippen LogP contribution < -0.4 is 10.6 Å². The van der Waals surface area contributed by atoms with Crippen molar-refractivity contribution in [3.8, 4) is 0 Å². The number of benzene rings is 2. The summed E-state index contributed by atoms with van der Waals surface area (Å²) in [4.78, 5) is 12.0. The van der Waals surface area contributed by atoms with Crippen LogP contribution in [0.3, 0.4) is 0 Å². The number of carbonyl (C=O) groups excluding carboxylic acids is 1. The number of nitrogens with one attached hydrogen (secondary N) is 2. The number of anilines is 2. The van der Waals surface area contributed by atoms with E-state index in [0.717, 1.165) is 16.8 Å². The molecule has 0 aliphatic heterocycles. The van der Waals surface area contributed by atoms with Crippen LogP contribution in [0.5, 0.6) is 0 Å². The first-order chi connectivity index (χ1) is 13.2. The molecule has 146 valence electrons. The second kappa shape index (κ2) is 7.94. The third kappa shape index (κ3) is 4.37. The van der Waals surface area contributed by atoms with Gasteiger partial charge in [-0.3, -0.25) is 0 Å². The lowest BCUT2D eigenvalue weighted by atomic mass is 10.2. The molecule has 0 aliphatic carbocycles. The Morgan fingerprint density at radius 1 is 1.11 bits per heavy atom. The van der Waals surface area contributed by atoms with Crippen molar-refractivity contribution < 1.29 is 22.7 Å². The number of alkyl halides is 3. The fourth-order valence-electron chi connectivity index (χ4n) is 2.40. The van der Waals surface area contributed by atoms with Crippen molar-refractivity contribution in [3.05, 3.63) is 57.9 Å². The Morgan fingerprint density at radius 2 is 1.71 bits per heavy atom. The molecule has 0 aliphatic rings. The first-order valence-electron chi connectivity index (χ1n) is 7.74. The van der Waals surface area contributed by atoms with Crippen LogP contribution in [0, 0.1) is 0 Å². The van der Waals surface area contributed by atoms with Crippen molar-refractivity contribution >= 4 is 67.7 Å². The Kier molecular flexibility index (Phi) is 5.78. The molecule has 2 aromatic carbocycles. The molecule has 0 radical (unpaired) electrons. The largest absolute Gasteiger partial charge is 0.465 e. The summed E-state index contributed by atoms with van der Waals surface area (Å²) in [5.74, 6) is -0.514. The van der Waals surface area contributed by atoms with E-state index < -0.39 is 17.7 Å². The van der Waals surface area contributed by atoms with E-state index in [2.05, 4.69) is 10.6 Å². The van der Waals surface area contributed by atoms with Gasteiger partial charge in [0.05, 0.1) is 17.7 Å². The molecule has 0 saturated heterocycles. The zero-order chi connectivity index (χ0) is 20.5. The second-order valence-corrected chi connectivity index (χ2v) is 7.44. The number of carbonyl (C=O) groups is 1. The van der Waals surface area contributed by atoms with Crippen LogP contribution >= 0.6 is 35.2 Å². The minimum atomic E-state index is -4.39. The highest BCUT2D eigenvalue weighted by Crippen LogP contribution is 2.37. The van der Waals surface area contributed by atoms with Crippen LogP contribution in [0.4, 0.5) is 24.5 Å². The van der Waals surface area contributed by atoms with Crippen LogP contribution in [0.25, 0.3) is 10.1 Å². The number of esters is 1. The number of fused-ring (bicyclic) bond motifs is 1. The monoisotopic (exact) mass is 444 g/mol. The molecular weight excluding hydrogens is 433 g/mol. The molecule has 1 heterocycles. The van der Waals surface area contributed by atoms with Gasteiger partial charge >= 0.3 is 12.1 Å². The fourth-order valence-corrected chi connectivity index (χ4v) is 4.10. The molecule has 0 bridgehead atoms. The van der Waals surface area contributed by atoms with Gasteiger partial charge in [-0.2, -0.15) is 13.2 Å². The molecule has 0 unspecified atom stereocenters. The van der Waals surface area contributed by atoms with E-state index in [0.29, 0.717) is 26.7 Å². The molecular formula is C18H12ClF3N2O2S2. The van der Waals surface area contributed by atoms with Gasteiger partial charge in [-0.05, 0) is 54.7 Å². The predicted octanol–water partition coefficient (Wildman–Crippen LogP) is 6.17. The highest BCUT2D eigenvalue weighted by Gasteiger charge is 2.29. The molecule has 0 amide bonds. The lowest BCUT2D eigenvalue weighted by Crippen LogP contribution is -2.19. The third-order valence-corrected chi connectivity index (χ3v) is 5.57. The smallest absolute Gasteiger partial charge is 0.416 e. The van der Waals surface area contributed by atoms with Crippen LogP contribution in [-0.2, 0) is 10.9 Å². The van der Waals surface area contributed by atoms with Gasteiger partial charge in [-0.15, -0.1) is 11.3 Å². The van der Waals surface area contributed by atoms with Crippen LogP contribution in [0.15, 0.2) is 42.5 Å². The van der Waals surface area contributed by atoms with Crippen LogP contribution in [0.1, 0.15) is 15.2 Å². The molecule has 0 fully saturated rings. The lowest BCUT2D eigenvalue weighted by molar-refractivity contribution is -0.137. The van der Waals surface area contributed by atoms with Gasteiger partial charge in [0.1, 0.15) is 4.88 Å². The first kappa shape index (κ1) is 20.4. The Morgan fingerprint density at radius 3 is 2.32 bits per heavy atom. The second-order valence-electron chi connectivity index (χ2n) is 5.60. The number of ether oxygens (including phenoxy) is 1. The Balaban J connectivity index is 1.73. The van der Waals surface area contributed by atoms with Gasteiger partial charge in [-0.25, -0.2) is 4.79 Å². The molecule has 28 heavy (non-hydrogen) atoms. The zero-order valence-corrected chi connectivity index (χ0v) is 16.6. The summed E-state index contributed by atoms with van der Waals surface area (Å²) in [6.45, 7) is 0. The van der Waals surface area contributed by atoms with Crippen molar-refractivity contribution in [3.63, 3.8) is 0 Å². The number of thiocarbonyl (C=S) groups is 1. The van der Waals surface area contributed by atoms with E-state index in [1.807, 2.05) is 0 Å². The van der Waals surface area contributed by atoms with Crippen LogP contribution in [-0.4, -0.2) is 18.2 Å². The topological polar surface area (TPSA) is 50.4 Å². The van der Waals surface area contributed by atoms with E-state index in [4.69, 9.17) is 28.6 Å². The van der Waals surface area contributed by atoms with E-state index >= 15 is 0 Å². The van der Waals surface area contributed by atoms with Gasteiger partial charge in [-0.1, -0.05) is 11.6 Å². The first-order valence-corrected chi connectivity index (χ1v) is 9.35. The standard InChI is InChI=1S/C18H12ClF3N2O2S2/c1-26-16(25)15-14(19)12-7-6-11(8-13(12)28-15)24-17(27)23-10-4-2-9(3-5-10)18(20,21)22/h2-8H,1H3,(H2,23,24,27). The highest BCUT2D eigenvalue weighted by molar-refractivity contribution is 7.80. The average Bonchev–Trinajstić information content (AvgIpc) is 2.97. The van der Waals surface area contributed by atoms with Crippen molar-refractivity contribution in [1.82, 2.24) is 0 Å². The summed E-state index contributed by atoms with van der Waals surface area (Å²) < 4.78 is 43.3. The SMILES string of the molecule is COC(=O)c1sc2cc(NC(=S)Nc3ccc(C(F)(F)F)cc3)ccc2c1Cl. The summed E-state index contributed by atoms with van der Waals surface area (Å²) in [6.07, 6.45) is -4.39. The van der Waals surface area contributed by atoms with Crippen molar-refractivity contribution in [2.45, 2.75) is 6.18 Å². The molecule has 10 heteroatoms. The number of hydrogen-bond donors (Lipinski definition) is 2. The number of hydrogen-bond acceptors (Lipinski definition) is 4. The highest BCUT2D eigenvalue weighted by atomic mass is 35.5. The van der Waals surface area contributed by atoms with Gasteiger partial charge in [0.25, 0.3) is 0 Å². The maximum atomic E-state index is 12.6. The third-order valence-electron chi connectivity index (χ3n) is 3.73. The van der Waals surface area contributed by atoms with Crippen molar-refractivity contribution in [1.29, 1.82) is 0 Å². The van der Waals surface area contributed by atoms with E-state index in [9.17, 15) is 18.0 Å². The van der Waals surface area contributed by atoms with Crippen molar-refractivity contribution in [2.75, 3.05) is 17.7 Å². The fraction of sp³-hybridized carbons (Fsp3) is 0.111. The minimum Gasteiger partial charge on any atom is -0.465 e. The molecule has 0 atom stereocenters. The van der Waals surface area contributed by atoms with Gasteiger partial charge in [0.15, 0.2) is 5.11 Å². The molecule has 3 aromatic rings. The summed E-state index contributed by atoms with van der Waals surface area (Å²) in [5.41, 5.74) is 0.309. The average molecular weight is 445 g/mol. The molecule has 2 N–H and O–H groups in total. The summed E-state index contributed by atoms with van der Waals surface area (Å²) >= 11 is 12.6. The minimum absolute atomic E-state index is 0.204. The number of methoxy groups -OCH3 is 1. The maximum Gasteiger partial charge on any atom is 0.416 e.